The Kier molecular flexibility index (Phi) is 6.01. The summed E-state index contributed by atoms with van der Waals surface area (Å²) in [7, 11) is 0. The third-order valence-corrected chi connectivity index (χ3v) is 4.32. The van der Waals surface area contributed by atoms with Crippen LogP contribution < -0.4 is 16.4 Å². The lowest BCUT2D eigenvalue weighted by Gasteiger charge is -2.32. The molecule has 28 heavy (non-hydrogen) atoms. The van der Waals surface area contributed by atoms with Crippen LogP contribution in [0.2, 0.25) is 0 Å². The lowest BCUT2D eigenvalue weighted by molar-refractivity contribution is -0.126. The van der Waals surface area contributed by atoms with Gasteiger partial charge in [-0.2, -0.15) is 0 Å². The molecule has 2 aromatic heterocycles. The number of nitrogens with one attached hydrogen (secondary N) is 2. The number of likely N-dealkylation sites (tertiary alicyclic amines) is 1. The van der Waals surface area contributed by atoms with Crippen LogP contribution in [0.25, 0.3) is 0 Å². The number of carbonyl (C=O) groups excluding carboxylic acids is 2. The fourth-order valence-corrected chi connectivity index (χ4v) is 3.02. The first-order valence-corrected chi connectivity index (χ1v) is 8.88. The molecule has 1 saturated heterocycles. The van der Waals surface area contributed by atoms with E-state index in [-0.39, 0.29) is 23.3 Å². The number of nitrogens with two attached hydrogens (primary N) is 1. The molecule has 0 unspecified atom stereocenters. The van der Waals surface area contributed by atoms with Crippen LogP contribution >= 0.6 is 0 Å². The first kappa shape index (κ1) is 19.1. The van der Waals surface area contributed by atoms with Crippen molar-refractivity contribution >= 4 is 29.1 Å². The second-order valence-corrected chi connectivity index (χ2v) is 6.28. The van der Waals surface area contributed by atoms with Gasteiger partial charge in [-0.25, -0.2) is 9.97 Å². The largest absolute Gasteiger partial charge is 0.383 e. The molecular formula is C19H21N7O2. The molecule has 0 saturated carbocycles. The van der Waals surface area contributed by atoms with Crippen LogP contribution in [0.15, 0.2) is 30.9 Å². The lowest BCUT2D eigenvalue weighted by atomic mass is 10.1. The van der Waals surface area contributed by atoms with E-state index in [0.29, 0.717) is 24.6 Å². The van der Waals surface area contributed by atoms with Crippen molar-refractivity contribution < 1.29 is 9.59 Å². The van der Waals surface area contributed by atoms with E-state index in [1.54, 1.807) is 36.4 Å². The van der Waals surface area contributed by atoms with Crippen molar-refractivity contribution in [1.29, 1.82) is 0 Å². The van der Waals surface area contributed by atoms with Gasteiger partial charge in [0.25, 0.3) is 11.8 Å². The van der Waals surface area contributed by atoms with Crippen molar-refractivity contribution in [2.45, 2.75) is 25.8 Å². The summed E-state index contributed by atoms with van der Waals surface area (Å²) in [5.41, 5.74) is 6.70. The highest BCUT2D eigenvalue weighted by molar-refractivity contribution is 6.10. The van der Waals surface area contributed by atoms with Gasteiger partial charge in [0.15, 0.2) is 0 Å². The van der Waals surface area contributed by atoms with Crippen molar-refractivity contribution in [1.82, 2.24) is 19.9 Å². The third kappa shape index (κ3) is 4.54. The molecule has 1 aliphatic rings. The normalized spacial score (nSPS) is 15.9. The maximum absolute atomic E-state index is 12.7. The first-order valence-electron chi connectivity index (χ1n) is 8.88. The predicted molar refractivity (Wildman–Crippen MR) is 105 cm³/mol. The van der Waals surface area contributed by atoms with Gasteiger partial charge in [-0.05, 0) is 37.8 Å². The molecule has 2 aromatic rings. The molecule has 3 heterocycles. The molecule has 1 fully saturated rings. The van der Waals surface area contributed by atoms with E-state index >= 15 is 0 Å². The van der Waals surface area contributed by atoms with Gasteiger partial charge < -0.3 is 21.3 Å². The molecule has 3 rings (SSSR count). The van der Waals surface area contributed by atoms with E-state index in [1.165, 1.54) is 6.33 Å². The molecule has 144 valence electrons. The van der Waals surface area contributed by atoms with Crippen molar-refractivity contribution in [3.63, 3.8) is 0 Å². The summed E-state index contributed by atoms with van der Waals surface area (Å²) in [5.74, 6) is 4.97. The Hall–Kier alpha value is -3.67. The molecule has 0 aromatic carbocycles. The number of amides is 2. The Morgan fingerprint density at radius 1 is 1.29 bits per heavy atom. The van der Waals surface area contributed by atoms with E-state index < -0.39 is 5.91 Å². The number of nitrogens with zero attached hydrogens (tertiary/aromatic N) is 4. The molecular weight excluding hydrogens is 358 g/mol. The Labute approximate surface area is 162 Å². The van der Waals surface area contributed by atoms with E-state index in [1.807, 2.05) is 0 Å². The number of piperidine rings is 1. The van der Waals surface area contributed by atoms with Gasteiger partial charge in [0.2, 0.25) is 0 Å². The molecule has 1 atom stereocenters. The van der Waals surface area contributed by atoms with Gasteiger partial charge in [0, 0.05) is 37.2 Å². The summed E-state index contributed by atoms with van der Waals surface area (Å²) >= 11 is 0. The smallest absolute Gasteiger partial charge is 0.298 e. The number of anilines is 3. The second-order valence-electron chi connectivity index (χ2n) is 6.28. The summed E-state index contributed by atoms with van der Waals surface area (Å²) in [6.45, 7) is 2.77. The minimum Gasteiger partial charge on any atom is -0.383 e. The highest BCUT2D eigenvalue weighted by Crippen LogP contribution is 2.22. The molecule has 0 radical (unpaired) electrons. The van der Waals surface area contributed by atoms with E-state index in [4.69, 9.17) is 5.73 Å². The van der Waals surface area contributed by atoms with Gasteiger partial charge in [-0.3, -0.25) is 14.6 Å². The summed E-state index contributed by atoms with van der Waals surface area (Å²) in [4.78, 5) is 38.5. The SMILES string of the molecule is CC#CC(=O)N1CCC[C@@H](Nc2ncnc(N)c2C(=O)Nc2ccncc2)C1. The summed E-state index contributed by atoms with van der Waals surface area (Å²) < 4.78 is 0. The molecule has 0 bridgehead atoms. The molecule has 0 aliphatic carbocycles. The quantitative estimate of drug-likeness (QED) is 0.680. The predicted octanol–water partition coefficient (Wildman–Crippen LogP) is 1.13. The number of hydrogen-bond acceptors (Lipinski definition) is 7. The maximum Gasteiger partial charge on any atom is 0.298 e. The van der Waals surface area contributed by atoms with Crippen molar-refractivity contribution in [2.24, 2.45) is 0 Å². The van der Waals surface area contributed by atoms with Crippen LogP contribution in [0, 0.1) is 11.8 Å². The summed E-state index contributed by atoms with van der Waals surface area (Å²) in [6, 6.07) is 3.27. The van der Waals surface area contributed by atoms with Gasteiger partial charge in [0.1, 0.15) is 23.5 Å². The van der Waals surface area contributed by atoms with E-state index in [9.17, 15) is 9.59 Å². The average molecular weight is 379 g/mol. The lowest BCUT2D eigenvalue weighted by Crippen LogP contribution is -2.45. The van der Waals surface area contributed by atoms with Crippen molar-refractivity contribution in [3.8, 4) is 11.8 Å². The van der Waals surface area contributed by atoms with Gasteiger partial charge in [-0.1, -0.05) is 5.92 Å². The molecule has 2 amide bonds. The first-order chi connectivity index (χ1) is 13.6. The number of hydrogen-bond donors (Lipinski definition) is 3. The minimum absolute atomic E-state index is 0.0712. The van der Waals surface area contributed by atoms with Crippen LogP contribution in [0.5, 0.6) is 0 Å². The Morgan fingerprint density at radius 2 is 2.07 bits per heavy atom. The number of rotatable bonds is 4. The number of nitrogen functional groups attached to an aromatic ring is 1. The average Bonchev–Trinajstić information content (AvgIpc) is 2.69. The molecule has 9 heteroatoms. The van der Waals surface area contributed by atoms with Crippen LogP contribution in [0.3, 0.4) is 0 Å². The zero-order chi connectivity index (χ0) is 19.9. The zero-order valence-corrected chi connectivity index (χ0v) is 15.5. The second kappa shape index (κ2) is 8.81. The topological polar surface area (TPSA) is 126 Å². The standard InChI is InChI=1S/C19H21N7O2/c1-2-4-15(27)26-10-3-5-14(11-26)24-18-16(17(20)22-12-23-18)19(28)25-13-6-8-21-9-7-13/h6-9,12,14H,3,5,10-11H2,1H3,(H,21,25,28)(H3,20,22,23,24)/t14-/m1/s1. The van der Waals surface area contributed by atoms with Crippen LogP contribution in [0.4, 0.5) is 17.3 Å². The van der Waals surface area contributed by atoms with Gasteiger partial charge >= 0.3 is 0 Å². The number of carbonyl (C=O) groups is 2. The van der Waals surface area contributed by atoms with Crippen molar-refractivity contribution in [2.75, 3.05) is 29.5 Å². The van der Waals surface area contributed by atoms with Crippen LogP contribution in [0.1, 0.15) is 30.1 Å². The fraction of sp³-hybridized carbons (Fsp3) is 0.316. The fourth-order valence-electron chi connectivity index (χ4n) is 3.02. The van der Waals surface area contributed by atoms with Crippen LogP contribution in [-0.4, -0.2) is 50.8 Å². The number of pyridine rings is 1. The van der Waals surface area contributed by atoms with Crippen LogP contribution in [-0.2, 0) is 4.79 Å². The summed E-state index contributed by atoms with van der Waals surface area (Å²) in [5, 5.41) is 6.00. The van der Waals surface area contributed by atoms with Crippen molar-refractivity contribution in [3.05, 3.63) is 36.4 Å². The minimum atomic E-state index is -0.424. The zero-order valence-electron chi connectivity index (χ0n) is 15.5. The highest BCUT2D eigenvalue weighted by atomic mass is 16.2. The Balaban J connectivity index is 1.77. The van der Waals surface area contributed by atoms with Gasteiger partial charge in [0.05, 0.1) is 0 Å². The Morgan fingerprint density at radius 3 is 2.82 bits per heavy atom. The summed E-state index contributed by atoms with van der Waals surface area (Å²) in [6.07, 6.45) is 6.11. The molecule has 9 nitrogen and oxygen atoms in total. The van der Waals surface area contributed by atoms with E-state index in [2.05, 4.69) is 37.4 Å². The molecule has 0 spiro atoms. The molecule has 4 N–H and O–H groups in total. The monoisotopic (exact) mass is 379 g/mol. The maximum atomic E-state index is 12.7. The third-order valence-electron chi connectivity index (χ3n) is 4.32. The van der Waals surface area contributed by atoms with Gasteiger partial charge in [-0.15, -0.1) is 0 Å². The molecule has 1 aliphatic heterocycles. The van der Waals surface area contributed by atoms with E-state index in [0.717, 1.165) is 12.8 Å². The highest BCUT2D eigenvalue weighted by Gasteiger charge is 2.25. The Bertz CT molecular complexity index is 921. The number of aromatic nitrogens is 3.